The summed E-state index contributed by atoms with van der Waals surface area (Å²) in [4.78, 5) is 9.82. The first-order valence-electron chi connectivity index (χ1n) is 4.90. The second-order valence-corrected chi connectivity index (χ2v) is 3.07. The Hall–Kier alpha value is -1.35. The molecule has 1 aromatic rings. The fraction of sp³-hybridized carbons (Fsp3) is 0.417. The number of hydrogen-bond donors (Lipinski definition) is 1. The summed E-state index contributed by atoms with van der Waals surface area (Å²) in [5.41, 5.74) is 2.20. The third kappa shape index (κ3) is 7.70. The Morgan fingerprint density at radius 1 is 1.33 bits per heavy atom. The van der Waals surface area contributed by atoms with E-state index in [0.717, 1.165) is 5.56 Å². The summed E-state index contributed by atoms with van der Waals surface area (Å²) in [5.74, 6) is -0.211. The Kier molecular flexibility index (Phi) is 7.28. The lowest BCUT2D eigenvalue weighted by atomic mass is 10.2. The van der Waals surface area contributed by atoms with Gasteiger partial charge in [-0.15, -0.1) is 0 Å². The normalized spacial score (nSPS) is 8.80. The smallest absolute Gasteiger partial charge is 0.302 e. The standard InChI is InChI=1S/C8H10O.C4H8O2/c1-7-2-4-8(6-9)5-3-7;1-3-6-4(2)5/h2-5,9H,6H2,1H3;3H2,1-2H3. The zero-order chi connectivity index (χ0) is 11.7. The Bertz CT molecular complexity index is 277. The van der Waals surface area contributed by atoms with Crippen LogP contribution in [-0.2, 0) is 16.1 Å². The van der Waals surface area contributed by atoms with E-state index in [4.69, 9.17) is 5.11 Å². The van der Waals surface area contributed by atoms with Gasteiger partial charge in [-0.1, -0.05) is 29.8 Å². The van der Waals surface area contributed by atoms with Crippen LogP contribution >= 0.6 is 0 Å². The molecular formula is C12H18O3. The van der Waals surface area contributed by atoms with Crippen molar-refractivity contribution < 1.29 is 14.6 Å². The second-order valence-electron chi connectivity index (χ2n) is 3.07. The van der Waals surface area contributed by atoms with Gasteiger partial charge in [-0.05, 0) is 19.4 Å². The van der Waals surface area contributed by atoms with Crippen molar-refractivity contribution in [2.75, 3.05) is 6.61 Å². The maximum absolute atomic E-state index is 9.82. The number of carbonyl (C=O) groups excluding carboxylic acids is 1. The summed E-state index contributed by atoms with van der Waals surface area (Å²) in [6.07, 6.45) is 0. The number of aliphatic hydroxyl groups is 1. The lowest BCUT2D eigenvalue weighted by molar-refractivity contribution is -0.140. The fourth-order valence-electron chi connectivity index (χ4n) is 0.897. The Morgan fingerprint density at radius 3 is 2.13 bits per heavy atom. The van der Waals surface area contributed by atoms with E-state index in [2.05, 4.69) is 4.74 Å². The summed E-state index contributed by atoms with van der Waals surface area (Å²) in [6, 6.07) is 7.84. The van der Waals surface area contributed by atoms with E-state index >= 15 is 0 Å². The maximum Gasteiger partial charge on any atom is 0.302 e. The van der Waals surface area contributed by atoms with Crippen LogP contribution in [0, 0.1) is 6.92 Å². The number of esters is 1. The van der Waals surface area contributed by atoms with Crippen LogP contribution < -0.4 is 0 Å². The summed E-state index contributed by atoms with van der Waals surface area (Å²) in [7, 11) is 0. The molecule has 1 aromatic carbocycles. The number of ether oxygens (including phenoxy) is 1. The molecule has 0 heterocycles. The van der Waals surface area contributed by atoms with Crippen LogP contribution in [-0.4, -0.2) is 17.7 Å². The number of rotatable bonds is 2. The molecule has 0 aliphatic carbocycles. The molecule has 0 fully saturated rings. The summed E-state index contributed by atoms with van der Waals surface area (Å²) >= 11 is 0. The van der Waals surface area contributed by atoms with Crippen LogP contribution in [0.3, 0.4) is 0 Å². The molecule has 0 spiro atoms. The van der Waals surface area contributed by atoms with Crippen molar-refractivity contribution in [3.8, 4) is 0 Å². The minimum Gasteiger partial charge on any atom is -0.466 e. The molecule has 1 N–H and O–H groups in total. The molecule has 0 saturated carbocycles. The van der Waals surface area contributed by atoms with Crippen molar-refractivity contribution in [1.82, 2.24) is 0 Å². The lowest BCUT2D eigenvalue weighted by Crippen LogP contribution is -1.95. The van der Waals surface area contributed by atoms with E-state index in [1.807, 2.05) is 31.2 Å². The molecule has 84 valence electrons. The van der Waals surface area contributed by atoms with Crippen molar-refractivity contribution in [1.29, 1.82) is 0 Å². The van der Waals surface area contributed by atoms with Crippen molar-refractivity contribution in [3.63, 3.8) is 0 Å². The van der Waals surface area contributed by atoms with E-state index in [0.29, 0.717) is 6.61 Å². The van der Waals surface area contributed by atoms with Gasteiger partial charge in [0.25, 0.3) is 0 Å². The molecule has 0 atom stereocenters. The highest BCUT2D eigenvalue weighted by molar-refractivity contribution is 5.65. The third-order valence-corrected chi connectivity index (χ3v) is 1.65. The van der Waals surface area contributed by atoms with Crippen molar-refractivity contribution in [2.45, 2.75) is 27.4 Å². The summed E-state index contributed by atoms with van der Waals surface area (Å²) < 4.78 is 4.40. The fourth-order valence-corrected chi connectivity index (χ4v) is 0.897. The highest BCUT2D eigenvalue weighted by Gasteiger charge is 1.85. The van der Waals surface area contributed by atoms with Crippen LogP contribution in [0.15, 0.2) is 24.3 Å². The minimum atomic E-state index is -0.211. The maximum atomic E-state index is 9.82. The topological polar surface area (TPSA) is 46.5 Å². The lowest BCUT2D eigenvalue weighted by Gasteiger charge is -1.93. The van der Waals surface area contributed by atoms with Gasteiger partial charge in [-0.3, -0.25) is 4.79 Å². The monoisotopic (exact) mass is 210 g/mol. The Labute approximate surface area is 90.7 Å². The van der Waals surface area contributed by atoms with Gasteiger partial charge in [0.15, 0.2) is 0 Å². The van der Waals surface area contributed by atoms with Gasteiger partial charge < -0.3 is 9.84 Å². The van der Waals surface area contributed by atoms with E-state index in [-0.39, 0.29) is 12.6 Å². The molecule has 0 saturated heterocycles. The number of aryl methyl sites for hydroxylation is 1. The molecule has 1 rings (SSSR count). The molecule has 0 aliphatic rings. The highest BCUT2D eigenvalue weighted by Crippen LogP contribution is 2.01. The third-order valence-electron chi connectivity index (χ3n) is 1.65. The molecule has 0 aromatic heterocycles. The van der Waals surface area contributed by atoms with Crippen LogP contribution in [0.5, 0.6) is 0 Å². The van der Waals surface area contributed by atoms with Crippen molar-refractivity contribution in [2.24, 2.45) is 0 Å². The number of aliphatic hydroxyl groups excluding tert-OH is 1. The molecule has 3 heteroatoms. The minimum absolute atomic E-state index is 0.139. The van der Waals surface area contributed by atoms with Gasteiger partial charge in [0.05, 0.1) is 13.2 Å². The van der Waals surface area contributed by atoms with Gasteiger partial charge in [-0.2, -0.15) is 0 Å². The SMILES string of the molecule is CCOC(C)=O.Cc1ccc(CO)cc1. The zero-order valence-corrected chi connectivity index (χ0v) is 9.49. The molecule has 0 unspecified atom stereocenters. The average Bonchev–Trinajstić information content (AvgIpc) is 2.20. The number of hydrogen-bond acceptors (Lipinski definition) is 3. The van der Waals surface area contributed by atoms with E-state index < -0.39 is 0 Å². The summed E-state index contributed by atoms with van der Waals surface area (Å²) in [5, 5.41) is 8.63. The van der Waals surface area contributed by atoms with Gasteiger partial charge >= 0.3 is 5.97 Å². The predicted octanol–water partition coefficient (Wildman–Crippen LogP) is 2.06. The van der Waals surface area contributed by atoms with Crippen molar-refractivity contribution >= 4 is 5.97 Å². The number of carbonyl (C=O) groups is 1. The zero-order valence-electron chi connectivity index (χ0n) is 9.49. The van der Waals surface area contributed by atoms with Crippen LogP contribution in [0.25, 0.3) is 0 Å². The largest absolute Gasteiger partial charge is 0.466 e. The molecule has 0 radical (unpaired) electrons. The Morgan fingerprint density at radius 2 is 1.87 bits per heavy atom. The average molecular weight is 210 g/mol. The molecule has 0 aliphatic heterocycles. The first-order chi connectivity index (χ1) is 7.10. The summed E-state index contributed by atoms with van der Waals surface area (Å²) in [6.45, 7) is 5.82. The van der Waals surface area contributed by atoms with Crippen LogP contribution in [0.1, 0.15) is 25.0 Å². The van der Waals surface area contributed by atoms with Gasteiger partial charge in [0.2, 0.25) is 0 Å². The molecular weight excluding hydrogens is 192 g/mol. The molecule has 15 heavy (non-hydrogen) atoms. The number of benzene rings is 1. The highest BCUT2D eigenvalue weighted by atomic mass is 16.5. The first-order valence-corrected chi connectivity index (χ1v) is 4.90. The van der Waals surface area contributed by atoms with Gasteiger partial charge in [0.1, 0.15) is 0 Å². The van der Waals surface area contributed by atoms with Gasteiger partial charge in [-0.25, -0.2) is 0 Å². The van der Waals surface area contributed by atoms with Crippen molar-refractivity contribution in [3.05, 3.63) is 35.4 Å². The quantitative estimate of drug-likeness (QED) is 0.760. The Balaban J connectivity index is 0.000000288. The first kappa shape index (κ1) is 13.7. The van der Waals surface area contributed by atoms with Crippen LogP contribution in [0.2, 0.25) is 0 Å². The van der Waals surface area contributed by atoms with E-state index in [1.54, 1.807) is 6.92 Å². The van der Waals surface area contributed by atoms with E-state index in [9.17, 15) is 4.79 Å². The molecule has 0 amide bonds. The van der Waals surface area contributed by atoms with Gasteiger partial charge in [0, 0.05) is 6.92 Å². The van der Waals surface area contributed by atoms with E-state index in [1.165, 1.54) is 12.5 Å². The molecule has 0 bridgehead atoms. The predicted molar refractivity (Wildman–Crippen MR) is 59.4 cm³/mol. The van der Waals surface area contributed by atoms with Crippen LogP contribution in [0.4, 0.5) is 0 Å². The molecule has 3 nitrogen and oxygen atoms in total. The second kappa shape index (κ2) is 8.00.